The fraction of sp³-hybridized carbons (Fsp3) is 0.455. The second-order valence-electron chi connectivity index (χ2n) is 3.48. The van der Waals surface area contributed by atoms with Gasteiger partial charge >= 0.3 is 0 Å². The number of rotatable bonds is 6. The van der Waals surface area contributed by atoms with E-state index in [1.54, 1.807) is 24.8 Å². The molecule has 16 heavy (non-hydrogen) atoms. The number of nitrogens with zero attached hydrogens (tertiary/aromatic N) is 1. The Hall–Kier alpha value is -1.23. The Balaban J connectivity index is 2.66. The predicted octanol–water partition coefficient (Wildman–Crippen LogP) is 3.07. The molecule has 0 aromatic heterocycles. The zero-order valence-electron chi connectivity index (χ0n) is 9.53. The summed E-state index contributed by atoms with van der Waals surface area (Å²) in [6, 6.07) is 5.12. The SMILES string of the molecule is CSCCCNc1cccc([N+](=O)[O-])c1C. The number of benzene rings is 1. The Morgan fingerprint density at radius 1 is 1.50 bits per heavy atom. The molecule has 0 saturated carbocycles. The average molecular weight is 240 g/mol. The summed E-state index contributed by atoms with van der Waals surface area (Å²) in [6.45, 7) is 2.62. The smallest absolute Gasteiger partial charge is 0.274 e. The van der Waals surface area contributed by atoms with Crippen LogP contribution in [0.3, 0.4) is 0 Å². The van der Waals surface area contributed by atoms with Crippen molar-refractivity contribution < 1.29 is 4.92 Å². The van der Waals surface area contributed by atoms with E-state index in [9.17, 15) is 10.1 Å². The van der Waals surface area contributed by atoms with Gasteiger partial charge in [-0.2, -0.15) is 11.8 Å². The Bertz CT molecular complexity index is 369. The normalized spacial score (nSPS) is 10.1. The summed E-state index contributed by atoms with van der Waals surface area (Å²) in [6.07, 6.45) is 3.13. The van der Waals surface area contributed by atoms with Crippen molar-refractivity contribution in [3.05, 3.63) is 33.9 Å². The summed E-state index contributed by atoms with van der Waals surface area (Å²) in [4.78, 5) is 10.4. The van der Waals surface area contributed by atoms with Gasteiger partial charge in [0.1, 0.15) is 0 Å². The maximum Gasteiger partial charge on any atom is 0.274 e. The van der Waals surface area contributed by atoms with Crippen LogP contribution in [0.2, 0.25) is 0 Å². The molecule has 0 radical (unpaired) electrons. The quantitative estimate of drug-likeness (QED) is 0.471. The van der Waals surface area contributed by atoms with Gasteiger partial charge in [-0.25, -0.2) is 0 Å². The Morgan fingerprint density at radius 3 is 2.88 bits per heavy atom. The number of nitro benzene ring substituents is 1. The van der Waals surface area contributed by atoms with Crippen molar-refractivity contribution >= 4 is 23.1 Å². The Kier molecular flexibility index (Phi) is 5.11. The van der Waals surface area contributed by atoms with Crippen LogP contribution in [0.5, 0.6) is 0 Å². The van der Waals surface area contributed by atoms with E-state index in [1.807, 2.05) is 6.07 Å². The molecule has 0 amide bonds. The highest BCUT2D eigenvalue weighted by Crippen LogP contribution is 2.24. The topological polar surface area (TPSA) is 55.2 Å². The van der Waals surface area contributed by atoms with Crippen LogP contribution in [0.15, 0.2) is 18.2 Å². The van der Waals surface area contributed by atoms with E-state index in [4.69, 9.17) is 0 Å². The summed E-state index contributed by atoms with van der Waals surface area (Å²) in [5, 5.41) is 13.9. The molecule has 0 spiro atoms. The van der Waals surface area contributed by atoms with Crippen LogP contribution in [0.4, 0.5) is 11.4 Å². The first-order chi connectivity index (χ1) is 7.66. The second kappa shape index (κ2) is 6.37. The maximum atomic E-state index is 10.7. The van der Waals surface area contributed by atoms with Crippen LogP contribution < -0.4 is 5.32 Å². The lowest BCUT2D eigenvalue weighted by Gasteiger charge is -2.08. The minimum absolute atomic E-state index is 0.176. The lowest BCUT2D eigenvalue weighted by atomic mass is 10.1. The van der Waals surface area contributed by atoms with Crippen LogP contribution in [-0.4, -0.2) is 23.5 Å². The highest BCUT2D eigenvalue weighted by molar-refractivity contribution is 7.98. The fourth-order valence-electron chi connectivity index (χ4n) is 1.45. The van der Waals surface area contributed by atoms with Crippen molar-refractivity contribution in [1.82, 2.24) is 0 Å². The third-order valence-electron chi connectivity index (χ3n) is 2.34. The largest absolute Gasteiger partial charge is 0.385 e. The molecule has 0 unspecified atom stereocenters. The number of nitrogens with one attached hydrogen (secondary N) is 1. The predicted molar refractivity (Wildman–Crippen MR) is 69.3 cm³/mol. The molecule has 0 atom stereocenters. The molecule has 4 nitrogen and oxygen atoms in total. The van der Waals surface area contributed by atoms with Gasteiger partial charge in [0.15, 0.2) is 0 Å². The van der Waals surface area contributed by atoms with Crippen molar-refractivity contribution in [2.45, 2.75) is 13.3 Å². The molecule has 1 rings (SSSR count). The van der Waals surface area contributed by atoms with Crippen LogP contribution >= 0.6 is 11.8 Å². The minimum atomic E-state index is -0.345. The number of thioether (sulfide) groups is 1. The van der Waals surface area contributed by atoms with E-state index >= 15 is 0 Å². The first-order valence-electron chi connectivity index (χ1n) is 5.13. The zero-order chi connectivity index (χ0) is 12.0. The average Bonchev–Trinajstić information content (AvgIpc) is 2.26. The zero-order valence-corrected chi connectivity index (χ0v) is 10.3. The highest BCUT2D eigenvalue weighted by Gasteiger charge is 2.12. The molecule has 1 aromatic rings. The molecule has 5 heteroatoms. The highest BCUT2D eigenvalue weighted by atomic mass is 32.2. The first kappa shape index (κ1) is 12.8. The minimum Gasteiger partial charge on any atom is -0.385 e. The standard InChI is InChI=1S/C11H16N2O2S/c1-9-10(12-7-4-8-16-2)5-3-6-11(9)13(14)15/h3,5-6,12H,4,7-8H2,1-2H3. The van der Waals surface area contributed by atoms with Crippen molar-refractivity contribution in [2.24, 2.45) is 0 Å². The summed E-state index contributed by atoms with van der Waals surface area (Å²) >= 11 is 1.80. The van der Waals surface area contributed by atoms with Gasteiger partial charge in [0.2, 0.25) is 0 Å². The van der Waals surface area contributed by atoms with Gasteiger partial charge in [-0.1, -0.05) is 6.07 Å². The van der Waals surface area contributed by atoms with Gasteiger partial charge in [-0.3, -0.25) is 10.1 Å². The summed E-state index contributed by atoms with van der Waals surface area (Å²) in [7, 11) is 0. The molecule has 88 valence electrons. The number of anilines is 1. The third kappa shape index (κ3) is 3.41. The molecular formula is C11H16N2O2S. The van der Waals surface area contributed by atoms with Gasteiger partial charge in [-0.15, -0.1) is 0 Å². The summed E-state index contributed by atoms with van der Waals surface area (Å²) in [5.74, 6) is 1.10. The maximum absolute atomic E-state index is 10.7. The van der Waals surface area contributed by atoms with E-state index < -0.39 is 0 Å². The van der Waals surface area contributed by atoms with Gasteiger partial charge in [0, 0.05) is 23.9 Å². The van der Waals surface area contributed by atoms with Gasteiger partial charge in [-0.05, 0) is 31.4 Å². The van der Waals surface area contributed by atoms with E-state index in [-0.39, 0.29) is 10.6 Å². The molecular weight excluding hydrogens is 224 g/mol. The van der Waals surface area contributed by atoms with Gasteiger partial charge < -0.3 is 5.32 Å². The van der Waals surface area contributed by atoms with Crippen LogP contribution in [0, 0.1) is 17.0 Å². The van der Waals surface area contributed by atoms with Crippen LogP contribution in [0.25, 0.3) is 0 Å². The summed E-state index contributed by atoms with van der Waals surface area (Å²) in [5.41, 5.74) is 1.74. The van der Waals surface area contributed by atoms with Crippen molar-refractivity contribution in [3.63, 3.8) is 0 Å². The van der Waals surface area contributed by atoms with Crippen molar-refractivity contribution in [3.8, 4) is 0 Å². The van der Waals surface area contributed by atoms with Crippen LogP contribution in [0.1, 0.15) is 12.0 Å². The van der Waals surface area contributed by atoms with E-state index in [2.05, 4.69) is 11.6 Å². The molecule has 0 aliphatic rings. The van der Waals surface area contributed by atoms with E-state index in [1.165, 1.54) is 6.07 Å². The first-order valence-corrected chi connectivity index (χ1v) is 6.53. The number of hydrogen-bond donors (Lipinski definition) is 1. The third-order valence-corrected chi connectivity index (χ3v) is 3.04. The van der Waals surface area contributed by atoms with Crippen LogP contribution in [-0.2, 0) is 0 Å². The lowest BCUT2D eigenvalue weighted by Crippen LogP contribution is -2.05. The molecule has 0 bridgehead atoms. The second-order valence-corrected chi connectivity index (χ2v) is 4.47. The molecule has 0 aliphatic carbocycles. The lowest BCUT2D eigenvalue weighted by molar-refractivity contribution is -0.385. The summed E-state index contributed by atoms with van der Waals surface area (Å²) < 4.78 is 0. The number of nitro groups is 1. The van der Waals surface area contributed by atoms with Crippen molar-refractivity contribution in [1.29, 1.82) is 0 Å². The van der Waals surface area contributed by atoms with E-state index in [0.29, 0.717) is 5.56 Å². The monoisotopic (exact) mass is 240 g/mol. The van der Waals surface area contributed by atoms with Gasteiger partial charge in [0.05, 0.1) is 4.92 Å². The molecule has 0 heterocycles. The van der Waals surface area contributed by atoms with Crippen molar-refractivity contribution in [2.75, 3.05) is 23.9 Å². The fourth-order valence-corrected chi connectivity index (χ4v) is 1.89. The molecule has 1 N–H and O–H groups in total. The molecule has 0 aliphatic heterocycles. The number of hydrogen-bond acceptors (Lipinski definition) is 4. The van der Waals surface area contributed by atoms with Gasteiger partial charge in [0.25, 0.3) is 5.69 Å². The molecule has 0 saturated heterocycles. The Morgan fingerprint density at radius 2 is 2.25 bits per heavy atom. The molecule has 0 fully saturated rings. The molecule has 1 aromatic carbocycles. The Labute approximate surface area is 99.6 Å². The van der Waals surface area contributed by atoms with E-state index in [0.717, 1.165) is 24.4 Å².